The summed E-state index contributed by atoms with van der Waals surface area (Å²) in [5.74, 6) is -0.360. The van der Waals surface area contributed by atoms with Gasteiger partial charge in [-0.2, -0.15) is 0 Å². The zero-order valence-electron chi connectivity index (χ0n) is 8.18. The Morgan fingerprint density at radius 2 is 2.07 bits per heavy atom. The van der Waals surface area contributed by atoms with E-state index < -0.39 is 5.54 Å². The zero-order valence-corrected chi connectivity index (χ0v) is 8.18. The van der Waals surface area contributed by atoms with Crippen LogP contribution in [-0.4, -0.2) is 5.11 Å². The number of hydrogen-bond acceptors (Lipinski definition) is 2. The third-order valence-corrected chi connectivity index (χ3v) is 3.15. The van der Waals surface area contributed by atoms with E-state index in [-0.39, 0.29) is 11.6 Å². The molecule has 3 heteroatoms. The van der Waals surface area contributed by atoms with Crippen molar-refractivity contribution in [2.24, 2.45) is 5.73 Å². The summed E-state index contributed by atoms with van der Waals surface area (Å²) in [7, 11) is 0. The monoisotopic (exact) mass is 195 g/mol. The lowest BCUT2D eigenvalue weighted by atomic mass is 9.72. The van der Waals surface area contributed by atoms with Gasteiger partial charge in [0.15, 0.2) is 0 Å². The SMILES string of the molecule is Cc1c(F)ccc(C2(N)CCC2)c1O. The Morgan fingerprint density at radius 3 is 2.57 bits per heavy atom. The van der Waals surface area contributed by atoms with E-state index in [0.29, 0.717) is 11.1 Å². The van der Waals surface area contributed by atoms with Crippen molar-refractivity contribution in [2.75, 3.05) is 0 Å². The molecule has 0 amide bonds. The van der Waals surface area contributed by atoms with Crippen molar-refractivity contribution in [3.05, 3.63) is 29.1 Å². The first-order valence-corrected chi connectivity index (χ1v) is 4.82. The second-order valence-corrected chi connectivity index (χ2v) is 4.08. The average molecular weight is 195 g/mol. The molecule has 2 nitrogen and oxygen atoms in total. The number of rotatable bonds is 1. The molecule has 0 unspecified atom stereocenters. The molecule has 0 radical (unpaired) electrons. The highest BCUT2D eigenvalue weighted by Gasteiger charge is 2.36. The molecule has 1 aromatic rings. The molecule has 0 spiro atoms. The van der Waals surface area contributed by atoms with E-state index in [0.717, 1.165) is 19.3 Å². The van der Waals surface area contributed by atoms with Crippen LogP contribution in [0.1, 0.15) is 30.4 Å². The van der Waals surface area contributed by atoms with Gasteiger partial charge in [0.1, 0.15) is 11.6 Å². The maximum absolute atomic E-state index is 13.1. The van der Waals surface area contributed by atoms with E-state index in [1.165, 1.54) is 6.07 Å². The van der Waals surface area contributed by atoms with Gasteiger partial charge in [0.2, 0.25) is 0 Å². The van der Waals surface area contributed by atoms with Gasteiger partial charge in [0, 0.05) is 16.7 Å². The van der Waals surface area contributed by atoms with Crippen molar-refractivity contribution >= 4 is 0 Å². The van der Waals surface area contributed by atoms with Crippen LogP contribution >= 0.6 is 0 Å². The second kappa shape index (κ2) is 2.95. The lowest BCUT2D eigenvalue weighted by Gasteiger charge is -2.39. The smallest absolute Gasteiger partial charge is 0.129 e. The van der Waals surface area contributed by atoms with Crippen LogP contribution in [0, 0.1) is 12.7 Å². The summed E-state index contributed by atoms with van der Waals surface area (Å²) >= 11 is 0. The summed E-state index contributed by atoms with van der Waals surface area (Å²) < 4.78 is 13.1. The number of nitrogens with two attached hydrogens (primary N) is 1. The van der Waals surface area contributed by atoms with Crippen LogP contribution in [0.2, 0.25) is 0 Å². The fourth-order valence-corrected chi connectivity index (χ4v) is 1.90. The van der Waals surface area contributed by atoms with E-state index in [1.54, 1.807) is 13.0 Å². The number of aromatic hydroxyl groups is 1. The fraction of sp³-hybridized carbons (Fsp3) is 0.455. The van der Waals surface area contributed by atoms with Gasteiger partial charge in [-0.1, -0.05) is 6.07 Å². The van der Waals surface area contributed by atoms with Crippen LogP contribution in [0.25, 0.3) is 0 Å². The molecule has 0 aliphatic heterocycles. The van der Waals surface area contributed by atoms with Gasteiger partial charge in [-0.25, -0.2) is 4.39 Å². The molecule has 76 valence electrons. The number of phenolic OH excluding ortho intramolecular Hbond substituents is 1. The molecule has 1 aliphatic rings. The van der Waals surface area contributed by atoms with Gasteiger partial charge in [-0.05, 0) is 32.3 Å². The molecule has 1 saturated carbocycles. The van der Waals surface area contributed by atoms with Crippen molar-refractivity contribution in [1.82, 2.24) is 0 Å². The summed E-state index contributed by atoms with van der Waals surface area (Å²) in [6, 6.07) is 2.97. The van der Waals surface area contributed by atoms with Crippen molar-refractivity contribution < 1.29 is 9.50 Å². The lowest BCUT2D eigenvalue weighted by molar-refractivity contribution is 0.244. The number of phenols is 1. The molecule has 0 atom stereocenters. The molecule has 3 N–H and O–H groups in total. The fourth-order valence-electron chi connectivity index (χ4n) is 1.90. The Bertz CT molecular complexity index is 372. The Morgan fingerprint density at radius 1 is 1.43 bits per heavy atom. The van der Waals surface area contributed by atoms with Crippen LogP contribution in [0.15, 0.2) is 12.1 Å². The number of hydrogen-bond donors (Lipinski definition) is 2. The maximum Gasteiger partial charge on any atom is 0.129 e. The van der Waals surface area contributed by atoms with Crippen LogP contribution in [-0.2, 0) is 5.54 Å². The molecule has 1 fully saturated rings. The number of halogens is 1. The van der Waals surface area contributed by atoms with E-state index in [4.69, 9.17) is 5.73 Å². The minimum Gasteiger partial charge on any atom is -0.507 e. The first kappa shape index (κ1) is 9.46. The van der Waals surface area contributed by atoms with Crippen LogP contribution in [0.4, 0.5) is 4.39 Å². The summed E-state index contributed by atoms with van der Waals surface area (Å²) in [4.78, 5) is 0. The summed E-state index contributed by atoms with van der Waals surface area (Å²) in [6.07, 6.45) is 2.81. The number of benzene rings is 1. The largest absolute Gasteiger partial charge is 0.507 e. The van der Waals surface area contributed by atoms with Gasteiger partial charge in [0.05, 0.1) is 0 Å². The molecule has 2 rings (SSSR count). The quantitative estimate of drug-likeness (QED) is 0.721. The normalized spacial score (nSPS) is 19.1. The van der Waals surface area contributed by atoms with Gasteiger partial charge in [-0.3, -0.25) is 0 Å². The molecule has 14 heavy (non-hydrogen) atoms. The minimum absolute atomic E-state index is 0.0206. The second-order valence-electron chi connectivity index (χ2n) is 4.08. The molecular weight excluding hydrogens is 181 g/mol. The van der Waals surface area contributed by atoms with Crippen molar-refractivity contribution in [3.8, 4) is 5.75 Å². The Labute approximate surface area is 82.5 Å². The molecule has 0 bridgehead atoms. The molecule has 0 heterocycles. The predicted molar refractivity (Wildman–Crippen MR) is 52.5 cm³/mol. The summed E-state index contributed by atoms with van der Waals surface area (Å²) in [5.41, 5.74) is 6.61. The molecule has 1 aromatic carbocycles. The van der Waals surface area contributed by atoms with Crippen LogP contribution in [0.3, 0.4) is 0 Å². The molecule has 0 aromatic heterocycles. The molecule has 1 aliphatic carbocycles. The highest BCUT2D eigenvalue weighted by Crippen LogP contribution is 2.43. The maximum atomic E-state index is 13.1. The van der Waals surface area contributed by atoms with Gasteiger partial charge < -0.3 is 10.8 Å². The van der Waals surface area contributed by atoms with Crippen LogP contribution in [0.5, 0.6) is 5.75 Å². The van der Waals surface area contributed by atoms with Gasteiger partial charge in [-0.15, -0.1) is 0 Å². The summed E-state index contributed by atoms with van der Waals surface area (Å²) in [6.45, 7) is 1.57. The van der Waals surface area contributed by atoms with E-state index in [9.17, 15) is 9.50 Å². The van der Waals surface area contributed by atoms with Crippen molar-refractivity contribution in [3.63, 3.8) is 0 Å². The molecule has 0 saturated heterocycles. The Kier molecular flexibility index (Phi) is 2.00. The van der Waals surface area contributed by atoms with E-state index >= 15 is 0 Å². The first-order valence-electron chi connectivity index (χ1n) is 4.82. The lowest BCUT2D eigenvalue weighted by Crippen LogP contribution is -2.43. The third-order valence-electron chi connectivity index (χ3n) is 3.15. The highest BCUT2D eigenvalue weighted by molar-refractivity contribution is 5.45. The van der Waals surface area contributed by atoms with E-state index in [2.05, 4.69) is 0 Å². The highest BCUT2D eigenvalue weighted by atomic mass is 19.1. The Balaban J connectivity index is 2.49. The predicted octanol–water partition coefficient (Wildman–Crippen LogP) is 2.18. The van der Waals surface area contributed by atoms with Gasteiger partial charge >= 0.3 is 0 Å². The van der Waals surface area contributed by atoms with Gasteiger partial charge in [0.25, 0.3) is 0 Å². The first-order chi connectivity index (χ1) is 6.54. The van der Waals surface area contributed by atoms with Crippen LogP contribution < -0.4 is 5.73 Å². The Hall–Kier alpha value is -1.09. The van der Waals surface area contributed by atoms with E-state index in [1.807, 2.05) is 0 Å². The standard InChI is InChI=1S/C11H14FNO/c1-7-9(12)4-3-8(10(7)14)11(13)5-2-6-11/h3-4,14H,2,5-6,13H2,1H3. The topological polar surface area (TPSA) is 46.2 Å². The van der Waals surface area contributed by atoms with Crippen molar-refractivity contribution in [1.29, 1.82) is 0 Å². The average Bonchev–Trinajstić information content (AvgIpc) is 2.11. The zero-order chi connectivity index (χ0) is 10.3. The third kappa shape index (κ3) is 1.20. The minimum atomic E-state index is -0.428. The summed E-state index contributed by atoms with van der Waals surface area (Å²) in [5, 5.41) is 9.76. The molecular formula is C11H14FNO. The van der Waals surface area contributed by atoms with Crippen molar-refractivity contribution in [2.45, 2.75) is 31.7 Å².